The Hall–Kier alpha value is -0.480. The molecule has 0 amide bonds. The van der Waals surface area contributed by atoms with E-state index >= 15 is 0 Å². The Morgan fingerprint density at radius 3 is 2.65 bits per heavy atom. The number of hydrogen-bond acceptors (Lipinski definition) is 1. The fraction of sp³-hybridized carbons (Fsp3) is 0.875. The first-order chi connectivity index (χ1) is 8.31. The Labute approximate surface area is 108 Å². The van der Waals surface area contributed by atoms with Crippen molar-refractivity contribution in [1.82, 2.24) is 5.32 Å². The van der Waals surface area contributed by atoms with E-state index in [0.717, 1.165) is 30.7 Å². The summed E-state index contributed by atoms with van der Waals surface area (Å²) in [7, 11) is 0. The molecule has 0 spiro atoms. The summed E-state index contributed by atoms with van der Waals surface area (Å²) in [6.45, 7) is 6.79. The van der Waals surface area contributed by atoms with Crippen LogP contribution in [0, 0.1) is 30.1 Å². The van der Waals surface area contributed by atoms with Crippen LogP contribution in [0.3, 0.4) is 0 Å². The normalized spacial score (nSPS) is 28.9. The third kappa shape index (κ3) is 5.13. The summed E-state index contributed by atoms with van der Waals surface area (Å²) in [6.07, 6.45) is 14.7. The maximum Gasteiger partial charge on any atom is 0.00888 e. The van der Waals surface area contributed by atoms with E-state index in [9.17, 15) is 0 Å². The molecule has 1 aliphatic rings. The van der Waals surface area contributed by atoms with Gasteiger partial charge in [-0.1, -0.05) is 33.1 Å². The van der Waals surface area contributed by atoms with Crippen molar-refractivity contribution in [3.05, 3.63) is 0 Å². The van der Waals surface area contributed by atoms with Crippen LogP contribution in [-0.2, 0) is 0 Å². The van der Waals surface area contributed by atoms with Gasteiger partial charge in [0.1, 0.15) is 0 Å². The van der Waals surface area contributed by atoms with Gasteiger partial charge in [-0.3, -0.25) is 0 Å². The van der Waals surface area contributed by atoms with Gasteiger partial charge in [0.15, 0.2) is 0 Å². The van der Waals surface area contributed by atoms with Crippen LogP contribution in [0.25, 0.3) is 0 Å². The highest BCUT2D eigenvalue weighted by Gasteiger charge is 2.29. The van der Waals surface area contributed by atoms with E-state index in [4.69, 9.17) is 6.42 Å². The number of terminal acetylenes is 1. The molecule has 1 rings (SSSR count). The van der Waals surface area contributed by atoms with Crippen molar-refractivity contribution in [2.75, 3.05) is 13.1 Å². The molecule has 0 radical (unpaired) electrons. The van der Waals surface area contributed by atoms with Crippen molar-refractivity contribution in [2.45, 2.75) is 58.8 Å². The molecule has 0 heterocycles. The quantitative estimate of drug-likeness (QED) is 0.661. The minimum absolute atomic E-state index is 0.871. The van der Waals surface area contributed by atoms with Crippen molar-refractivity contribution >= 4 is 0 Å². The molecule has 17 heavy (non-hydrogen) atoms. The number of nitrogens with one attached hydrogen (secondary N) is 1. The van der Waals surface area contributed by atoms with Crippen molar-refractivity contribution < 1.29 is 0 Å². The standard InChI is InChI=1S/C16H29N/c1-4-7-9-15-12-14(8-5-2)10-11-16(15)13-17-6-3/h1,14-17H,5-13H2,2-3H3. The van der Waals surface area contributed by atoms with E-state index in [1.165, 1.54) is 45.1 Å². The van der Waals surface area contributed by atoms with Gasteiger partial charge in [-0.15, -0.1) is 12.3 Å². The van der Waals surface area contributed by atoms with Crippen molar-refractivity contribution in [2.24, 2.45) is 17.8 Å². The van der Waals surface area contributed by atoms with E-state index in [0.29, 0.717) is 0 Å². The SMILES string of the molecule is C#CCCC1CC(CCC)CCC1CNCC. The molecular formula is C16H29N. The molecule has 0 aromatic carbocycles. The summed E-state index contributed by atoms with van der Waals surface area (Å²) in [5.74, 6) is 5.53. The number of rotatable bonds is 7. The van der Waals surface area contributed by atoms with Gasteiger partial charge in [-0.2, -0.15) is 0 Å². The summed E-state index contributed by atoms with van der Waals surface area (Å²) in [4.78, 5) is 0. The predicted molar refractivity (Wildman–Crippen MR) is 75.8 cm³/mol. The molecule has 0 saturated heterocycles. The van der Waals surface area contributed by atoms with Crippen LogP contribution in [0.15, 0.2) is 0 Å². The van der Waals surface area contributed by atoms with Gasteiger partial charge in [0.25, 0.3) is 0 Å². The highest BCUT2D eigenvalue weighted by Crippen LogP contribution is 2.38. The van der Waals surface area contributed by atoms with Crippen LogP contribution >= 0.6 is 0 Å². The Morgan fingerprint density at radius 1 is 1.18 bits per heavy atom. The zero-order chi connectivity index (χ0) is 12.5. The maximum absolute atomic E-state index is 5.42. The highest BCUT2D eigenvalue weighted by atomic mass is 14.8. The highest BCUT2D eigenvalue weighted by molar-refractivity contribution is 4.88. The van der Waals surface area contributed by atoms with Gasteiger partial charge in [0, 0.05) is 6.42 Å². The topological polar surface area (TPSA) is 12.0 Å². The fourth-order valence-electron chi connectivity index (χ4n) is 3.32. The number of hydrogen-bond donors (Lipinski definition) is 1. The summed E-state index contributed by atoms with van der Waals surface area (Å²) >= 11 is 0. The third-order valence-electron chi connectivity index (χ3n) is 4.26. The molecule has 3 unspecified atom stereocenters. The smallest absolute Gasteiger partial charge is 0.00888 e. The molecule has 1 N–H and O–H groups in total. The summed E-state index contributed by atoms with van der Waals surface area (Å²) in [6, 6.07) is 0. The van der Waals surface area contributed by atoms with Crippen LogP contribution in [0.5, 0.6) is 0 Å². The maximum atomic E-state index is 5.42. The van der Waals surface area contributed by atoms with Gasteiger partial charge in [-0.05, 0) is 50.1 Å². The molecule has 1 saturated carbocycles. The van der Waals surface area contributed by atoms with Gasteiger partial charge < -0.3 is 5.32 Å². The van der Waals surface area contributed by atoms with Crippen LogP contribution in [-0.4, -0.2) is 13.1 Å². The zero-order valence-electron chi connectivity index (χ0n) is 11.7. The third-order valence-corrected chi connectivity index (χ3v) is 4.26. The summed E-state index contributed by atoms with van der Waals surface area (Å²) in [5, 5.41) is 3.52. The molecule has 1 aliphatic carbocycles. The lowest BCUT2D eigenvalue weighted by molar-refractivity contribution is 0.161. The second-order valence-corrected chi connectivity index (χ2v) is 5.54. The van der Waals surface area contributed by atoms with Crippen LogP contribution in [0.4, 0.5) is 0 Å². The Morgan fingerprint density at radius 2 is 2.00 bits per heavy atom. The largest absolute Gasteiger partial charge is 0.317 e. The van der Waals surface area contributed by atoms with Gasteiger partial charge in [-0.25, -0.2) is 0 Å². The Balaban J connectivity index is 2.43. The van der Waals surface area contributed by atoms with Crippen LogP contribution in [0.2, 0.25) is 0 Å². The van der Waals surface area contributed by atoms with Crippen LogP contribution in [0.1, 0.15) is 58.8 Å². The van der Waals surface area contributed by atoms with Crippen LogP contribution < -0.4 is 5.32 Å². The second kappa shape index (κ2) is 8.59. The molecular weight excluding hydrogens is 206 g/mol. The second-order valence-electron chi connectivity index (χ2n) is 5.54. The fourth-order valence-corrected chi connectivity index (χ4v) is 3.32. The minimum atomic E-state index is 0.871. The van der Waals surface area contributed by atoms with Crippen molar-refractivity contribution in [1.29, 1.82) is 0 Å². The molecule has 1 nitrogen and oxygen atoms in total. The van der Waals surface area contributed by atoms with Gasteiger partial charge >= 0.3 is 0 Å². The monoisotopic (exact) mass is 235 g/mol. The van der Waals surface area contributed by atoms with E-state index in [1.807, 2.05) is 0 Å². The van der Waals surface area contributed by atoms with Crippen molar-refractivity contribution in [3.8, 4) is 12.3 Å². The molecule has 3 atom stereocenters. The lowest BCUT2D eigenvalue weighted by Crippen LogP contribution is -2.33. The Kier molecular flexibility index (Phi) is 7.37. The van der Waals surface area contributed by atoms with Crippen molar-refractivity contribution in [3.63, 3.8) is 0 Å². The molecule has 0 aromatic rings. The zero-order valence-corrected chi connectivity index (χ0v) is 11.7. The molecule has 0 aliphatic heterocycles. The summed E-state index contributed by atoms with van der Waals surface area (Å²) < 4.78 is 0. The molecule has 0 bridgehead atoms. The first-order valence-electron chi connectivity index (χ1n) is 7.45. The first-order valence-corrected chi connectivity index (χ1v) is 7.45. The molecule has 0 aromatic heterocycles. The average molecular weight is 235 g/mol. The molecule has 1 heteroatoms. The van der Waals surface area contributed by atoms with E-state index < -0.39 is 0 Å². The Bertz CT molecular complexity index is 228. The van der Waals surface area contributed by atoms with E-state index in [1.54, 1.807) is 0 Å². The lowest BCUT2D eigenvalue weighted by atomic mass is 9.71. The first kappa shape index (κ1) is 14.6. The van der Waals surface area contributed by atoms with E-state index in [-0.39, 0.29) is 0 Å². The minimum Gasteiger partial charge on any atom is -0.317 e. The molecule has 98 valence electrons. The average Bonchev–Trinajstić information content (AvgIpc) is 2.35. The van der Waals surface area contributed by atoms with Gasteiger partial charge in [0.05, 0.1) is 0 Å². The molecule has 1 fully saturated rings. The lowest BCUT2D eigenvalue weighted by Gasteiger charge is -2.36. The summed E-state index contributed by atoms with van der Waals surface area (Å²) in [5.41, 5.74) is 0. The predicted octanol–water partition coefficient (Wildman–Crippen LogP) is 3.84. The van der Waals surface area contributed by atoms with E-state index in [2.05, 4.69) is 25.1 Å². The van der Waals surface area contributed by atoms with Gasteiger partial charge in [0.2, 0.25) is 0 Å².